The smallest absolute Gasteiger partial charge is 0.269 e. The number of benzene rings is 2. The number of carbonyl (C=O) groups is 3. The Bertz CT molecular complexity index is 918. The largest absolute Gasteiger partial charge is 0.312 e. The maximum absolute atomic E-state index is 12.4. The Hall–Kier alpha value is -2.67. The van der Waals surface area contributed by atoms with Gasteiger partial charge in [0.05, 0.1) is 5.92 Å². The molecule has 0 aliphatic carbocycles. The second kappa shape index (κ2) is 8.37. The van der Waals surface area contributed by atoms with Gasteiger partial charge in [-0.25, -0.2) is 0 Å². The van der Waals surface area contributed by atoms with Crippen LogP contribution < -0.4 is 15.8 Å². The minimum atomic E-state index is -0.519. The van der Waals surface area contributed by atoms with E-state index >= 15 is 0 Å². The minimum absolute atomic E-state index is 0.00105. The van der Waals surface area contributed by atoms with E-state index in [1.165, 1.54) is 0 Å². The van der Waals surface area contributed by atoms with Crippen molar-refractivity contribution >= 4 is 39.3 Å². The quantitative estimate of drug-likeness (QED) is 0.691. The van der Waals surface area contributed by atoms with Crippen LogP contribution in [0.5, 0.6) is 0 Å². The average Bonchev–Trinajstić information content (AvgIpc) is 3.07. The van der Waals surface area contributed by atoms with Crippen LogP contribution in [0.3, 0.4) is 0 Å². The Morgan fingerprint density at radius 3 is 2.21 bits per heavy atom. The number of nitrogens with zero attached hydrogens (tertiary/aromatic N) is 1. The summed E-state index contributed by atoms with van der Waals surface area (Å²) in [4.78, 5) is 38.6. The predicted molar refractivity (Wildman–Crippen MR) is 115 cm³/mol. The summed E-state index contributed by atoms with van der Waals surface area (Å²) in [5.41, 5.74) is 7.20. The highest BCUT2D eigenvalue weighted by atomic mass is 79.9. The number of amides is 3. The molecule has 7 heteroatoms. The van der Waals surface area contributed by atoms with Crippen LogP contribution in [-0.4, -0.2) is 24.3 Å². The van der Waals surface area contributed by atoms with Gasteiger partial charge in [-0.05, 0) is 47.4 Å². The van der Waals surface area contributed by atoms with E-state index < -0.39 is 11.8 Å². The van der Waals surface area contributed by atoms with Crippen molar-refractivity contribution in [1.29, 1.82) is 0 Å². The number of hydrogen-bond acceptors (Lipinski definition) is 3. The standard InChI is InChI=1S/C22H24BrN3O3/c1-22(2,3)16-6-4-14(5-7-16)20(28)24-25-21(29)15-12-19(27)26(13-15)18-10-8-17(23)9-11-18/h4-11,15H,12-13H2,1-3H3,(H,24,28)(H,25,29)/t15-/m1/s1. The summed E-state index contributed by atoms with van der Waals surface area (Å²) in [6, 6.07) is 14.6. The van der Waals surface area contributed by atoms with Crippen LogP contribution in [-0.2, 0) is 15.0 Å². The van der Waals surface area contributed by atoms with Crippen molar-refractivity contribution in [2.45, 2.75) is 32.6 Å². The summed E-state index contributed by atoms with van der Waals surface area (Å²) >= 11 is 3.36. The molecule has 1 atom stereocenters. The molecule has 152 valence electrons. The second-order valence-electron chi connectivity index (χ2n) is 8.15. The first kappa shape index (κ1) is 21.0. The molecular weight excluding hydrogens is 434 g/mol. The third-order valence-electron chi connectivity index (χ3n) is 4.95. The van der Waals surface area contributed by atoms with E-state index in [0.717, 1.165) is 15.7 Å². The van der Waals surface area contributed by atoms with Crippen LogP contribution in [0.15, 0.2) is 53.0 Å². The third kappa shape index (κ3) is 5.03. The maximum Gasteiger partial charge on any atom is 0.269 e. The van der Waals surface area contributed by atoms with E-state index in [1.54, 1.807) is 17.0 Å². The summed E-state index contributed by atoms with van der Waals surface area (Å²) in [7, 11) is 0. The van der Waals surface area contributed by atoms with E-state index in [4.69, 9.17) is 0 Å². The van der Waals surface area contributed by atoms with Gasteiger partial charge in [-0.15, -0.1) is 0 Å². The van der Waals surface area contributed by atoms with Crippen molar-refractivity contribution in [1.82, 2.24) is 10.9 Å². The zero-order valence-electron chi connectivity index (χ0n) is 16.7. The van der Waals surface area contributed by atoms with Crippen LogP contribution in [0.25, 0.3) is 0 Å². The molecule has 1 saturated heterocycles. The summed E-state index contributed by atoms with van der Waals surface area (Å²) in [6.07, 6.45) is 0.109. The molecule has 1 heterocycles. The number of nitrogens with one attached hydrogen (secondary N) is 2. The first-order valence-corrected chi connectivity index (χ1v) is 10.2. The van der Waals surface area contributed by atoms with Crippen LogP contribution in [0, 0.1) is 5.92 Å². The number of carbonyl (C=O) groups excluding carboxylic acids is 3. The highest BCUT2D eigenvalue weighted by Crippen LogP contribution is 2.26. The lowest BCUT2D eigenvalue weighted by molar-refractivity contribution is -0.126. The molecule has 0 aromatic heterocycles. The number of anilines is 1. The van der Waals surface area contributed by atoms with Gasteiger partial charge < -0.3 is 4.90 Å². The van der Waals surface area contributed by atoms with Crippen LogP contribution >= 0.6 is 15.9 Å². The molecule has 1 fully saturated rings. The minimum Gasteiger partial charge on any atom is -0.312 e. The average molecular weight is 458 g/mol. The van der Waals surface area contributed by atoms with Crippen LogP contribution in [0.4, 0.5) is 5.69 Å². The van der Waals surface area contributed by atoms with Crippen molar-refractivity contribution in [2.75, 3.05) is 11.4 Å². The molecule has 0 saturated carbocycles. The fourth-order valence-corrected chi connectivity index (χ4v) is 3.43. The first-order valence-electron chi connectivity index (χ1n) is 9.42. The molecule has 2 aromatic rings. The van der Waals surface area contributed by atoms with E-state index in [1.807, 2.05) is 36.4 Å². The molecular formula is C22H24BrN3O3. The first-order chi connectivity index (χ1) is 13.6. The molecule has 0 spiro atoms. The molecule has 1 aliphatic rings. The van der Waals surface area contributed by atoms with Crippen LogP contribution in [0.1, 0.15) is 43.1 Å². The Morgan fingerprint density at radius 2 is 1.62 bits per heavy atom. The monoisotopic (exact) mass is 457 g/mol. The van der Waals surface area contributed by atoms with E-state index in [2.05, 4.69) is 47.6 Å². The van der Waals surface area contributed by atoms with Gasteiger partial charge in [0.2, 0.25) is 11.8 Å². The fourth-order valence-electron chi connectivity index (χ4n) is 3.17. The van der Waals surface area contributed by atoms with E-state index in [-0.39, 0.29) is 30.2 Å². The molecule has 0 bridgehead atoms. The Kier molecular flexibility index (Phi) is 6.07. The number of hydrazine groups is 1. The highest BCUT2D eigenvalue weighted by molar-refractivity contribution is 9.10. The molecule has 0 unspecified atom stereocenters. The van der Waals surface area contributed by atoms with Crippen molar-refractivity contribution in [3.63, 3.8) is 0 Å². The lowest BCUT2D eigenvalue weighted by Crippen LogP contribution is -2.45. The molecule has 29 heavy (non-hydrogen) atoms. The normalized spacial score (nSPS) is 16.6. The van der Waals surface area contributed by atoms with Gasteiger partial charge in [-0.1, -0.05) is 48.8 Å². The van der Waals surface area contributed by atoms with Gasteiger partial charge in [0, 0.05) is 28.7 Å². The van der Waals surface area contributed by atoms with Crippen molar-refractivity contribution < 1.29 is 14.4 Å². The number of halogens is 1. The molecule has 1 aliphatic heterocycles. The lowest BCUT2D eigenvalue weighted by Gasteiger charge is -2.19. The SMILES string of the molecule is CC(C)(C)c1ccc(C(=O)NNC(=O)[C@@H]2CC(=O)N(c3ccc(Br)cc3)C2)cc1. The van der Waals surface area contributed by atoms with Gasteiger partial charge in [-0.3, -0.25) is 25.2 Å². The second-order valence-corrected chi connectivity index (χ2v) is 9.07. The van der Waals surface area contributed by atoms with Crippen LogP contribution in [0.2, 0.25) is 0 Å². The van der Waals surface area contributed by atoms with Gasteiger partial charge in [0.25, 0.3) is 5.91 Å². The van der Waals surface area contributed by atoms with Gasteiger partial charge in [-0.2, -0.15) is 0 Å². The van der Waals surface area contributed by atoms with Gasteiger partial charge in [0.1, 0.15) is 0 Å². The predicted octanol–water partition coefficient (Wildman–Crippen LogP) is 3.56. The van der Waals surface area contributed by atoms with Crippen molar-refractivity contribution in [3.05, 3.63) is 64.1 Å². The summed E-state index contributed by atoms with van der Waals surface area (Å²) in [5.74, 6) is -1.41. The van der Waals surface area contributed by atoms with Gasteiger partial charge in [0.15, 0.2) is 0 Å². The molecule has 2 N–H and O–H groups in total. The van der Waals surface area contributed by atoms with Crippen molar-refractivity contribution in [2.24, 2.45) is 5.92 Å². The third-order valence-corrected chi connectivity index (χ3v) is 5.48. The Balaban J connectivity index is 1.56. The molecule has 6 nitrogen and oxygen atoms in total. The Morgan fingerprint density at radius 1 is 1.00 bits per heavy atom. The molecule has 3 amide bonds. The lowest BCUT2D eigenvalue weighted by atomic mass is 9.87. The van der Waals surface area contributed by atoms with Crippen molar-refractivity contribution in [3.8, 4) is 0 Å². The molecule has 2 aromatic carbocycles. The summed E-state index contributed by atoms with van der Waals surface area (Å²) in [6.45, 7) is 6.58. The van der Waals surface area contributed by atoms with Gasteiger partial charge >= 0.3 is 0 Å². The zero-order chi connectivity index (χ0) is 21.2. The number of hydrogen-bond donors (Lipinski definition) is 2. The highest BCUT2D eigenvalue weighted by Gasteiger charge is 2.35. The van der Waals surface area contributed by atoms with E-state index in [9.17, 15) is 14.4 Å². The number of rotatable bonds is 3. The fraction of sp³-hybridized carbons (Fsp3) is 0.318. The Labute approximate surface area is 178 Å². The topological polar surface area (TPSA) is 78.5 Å². The zero-order valence-corrected chi connectivity index (χ0v) is 18.2. The maximum atomic E-state index is 12.4. The summed E-state index contributed by atoms with van der Waals surface area (Å²) < 4.78 is 0.917. The molecule has 0 radical (unpaired) electrons. The summed E-state index contributed by atoms with van der Waals surface area (Å²) in [5, 5.41) is 0. The van der Waals surface area contributed by atoms with E-state index in [0.29, 0.717) is 5.56 Å². The molecule has 3 rings (SSSR count).